The van der Waals surface area contributed by atoms with Crippen LogP contribution in [0.2, 0.25) is 0 Å². The average Bonchev–Trinajstić information content (AvgIpc) is 2.39. The molecule has 0 unspecified atom stereocenters. The molecule has 1 aromatic carbocycles. The minimum absolute atomic E-state index is 0.775. The van der Waals surface area contributed by atoms with Crippen LogP contribution < -0.4 is 4.90 Å². The first-order valence-corrected chi connectivity index (χ1v) is 5.89. The van der Waals surface area contributed by atoms with Gasteiger partial charge in [-0.2, -0.15) is 0 Å². The highest BCUT2D eigenvalue weighted by Crippen LogP contribution is 2.24. The molecular formula is C13H15N3O. The Bertz CT molecular complexity index is 535. The average molecular weight is 229 g/mol. The lowest BCUT2D eigenvalue weighted by Gasteiger charge is -2.28. The second kappa shape index (κ2) is 4.30. The van der Waals surface area contributed by atoms with Crippen molar-refractivity contribution in [1.82, 2.24) is 9.97 Å². The van der Waals surface area contributed by atoms with E-state index in [1.165, 1.54) is 5.56 Å². The predicted molar refractivity (Wildman–Crippen MR) is 67.3 cm³/mol. The predicted octanol–water partition coefficient (Wildman–Crippen LogP) is 1.77. The minimum atomic E-state index is 0.775. The molecule has 0 spiro atoms. The Morgan fingerprint density at radius 1 is 1.18 bits per heavy atom. The van der Waals surface area contributed by atoms with Gasteiger partial charge in [0, 0.05) is 18.5 Å². The van der Waals surface area contributed by atoms with E-state index in [-0.39, 0.29) is 0 Å². The number of nitrogens with zero attached hydrogens (tertiary/aromatic N) is 3. The third-order valence-electron chi connectivity index (χ3n) is 3.08. The summed E-state index contributed by atoms with van der Waals surface area (Å²) >= 11 is 0. The van der Waals surface area contributed by atoms with Gasteiger partial charge >= 0.3 is 0 Å². The van der Waals surface area contributed by atoms with Crippen molar-refractivity contribution < 1.29 is 4.74 Å². The fourth-order valence-electron chi connectivity index (χ4n) is 2.18. The molecular weight excluding hydrogens is 214 g/mol. The van der Waals surface area contributed by atoms with Gasteiger partial charge in [0.25, 0.3) is 0 Å². The second-order valence-electron chi connectivity index (χ2n) is 4.32. The monoisotopic (exact) mass is 229 g/mol. The zero-order chi connectivity index (χ0) is 11.7. The van der Waals surface area contributed by atoms with Crippen LogP contribution in [0.3, 0.4) is 0 Å². The van der Waals surface area contributed by atoms with E-state index in [1.54, 1.807) is 6.33 Å². The largest absolute Gasteiger partial charge is 0.378 e. The number of hydrogen-bond donors (Lipinski definition) is 0. The molecule has 0 bridgehead atoms. The van der Waals surface area contributed by atoms with Crippen molar-refractivity contribution >= 4 is 16.7 Å². The topological polar surface area (TPSA) is 38.2 Å². The molecule has 0 radical (unpaired) electrons. The summed E-state index contributed by atoms with van der Waals surface area (Å²) in [5.74, 6) is 1.03. The highest BCUT2D eigenvalue weighted by Gasteiger charge is 2.15. The molecule has 1 saturated heterocycles. The Morgan fingerprint density at radius 2 is 2.00 bits per heavy atom. The maximum absolute atomic E-state index is 5.37. The van der Waals surface area contributed by atoms with E-state index in [2.05, 4.69) is 40.0 Å². The van der Waals surface area contributed by atoms with E-state index in [4.69, 9.17) is 4.74 Å². The summed E-state index contributed by atoms with van der Waals surface area (Å²) in [6, 6.07) is 6.29. The van der Waals surface area contributed by atoms with Crippen molar-refractivity contribution in [3.05, 3.63) is 30.1 Å². The zero-order valence-corrected chi connectivity index (χ0v) is 9.89. The molecule has 2 aromatic rings. The molecule has 4 heteroatoms. The van der Waals surface area contributed by atoms with Gasteiger partial charge in [-0.1, -0.05) is 11.6 Å². The van der Waals surface area contributed by atoms with E-state index >= 15 is 0 Å². The van der Waals surface area contributed by atoms with Gasteiger partial charge in [0.05, 0.1) is 18.7 Å². The molecule has 0 atom stereocenters. The number of fused-ring (bicyclic) bond motifs is 1. The van der Waals surface area contributed by atoms with Crippen molar-refractivity contribution in [1.29, 1.82) is 0 Å². The Morgan fingerprint density at radius 3 is 2.82 bits per heavy atom. The number of benzene rings is 1. The standard InChI is InChI=1S/C13H15N3O/c1-10-2-3-12-11(8-10)13(15-9-14-12)16-4-6-17-7-5-16/h2-3,8-9H,4-7H2,1H3. The maximum atomic E-state index is 5.37. The molecule has 88 valence electrons. The Labute approximate surface area is 100 Å². The van der Waals surface area contributed by atoms with E-state index in [1.807, 2.05) is 0 Å². The molecule has 0 N–H and O–H groups in total. The molecule has 3 rings (SSSR count). The molecule has 17 heavy (non-hydrogen) atoms. The highest BCUT2D eigenvalue weighted by atomic mass is 16.5. The van der Waals surface area contributed by atoms with Gasteiger partial charge in [0.2, 0.25) is 0 Å². The van der Waals surface area contributed by atoms with Gasteiger partial charge in [0.1, 0.15) is 12.1 Å². The van der Waals surface area contributed by atoms with Gasteiger partial charge in [-0.25, -0.2) is 9.97 Å². The van der Waals surface area contributed by atoms with Crippen molar-refractivity contribution in [3.63, 3.8) is 0 Å². The van der Waals surface area contributed by atoms with Crippen LogP contribution in [0.15, 0.2) is 24.5 Å². The summed E-state index contributed by atoms with van der Waals surface area (Å²) in [7, 11) is 0. The van der Waals surface area contributed by atoms with Crippen LogP contribution in [-0.2, 0) is 4.74 Å². The minimum Gasteiger partial charge on any atom is -0.378 e. The Hall–Kier alpha value is -1.68. The maximum Gasteiger partial charge on any atom is 0.140 e. The second-order valence-corrected chi connectivity index (χ2v) is 4.32. The molecule has 0 aliphatic carbocycles. The van der Waals surface area contributed by atoms with Crippen molar-refractivity contribution in [3.8, 4) is 0 Å². The van der Waals surface area contributed by atoms with Crippen LogP contribution in [0.4, 0.5) is 5.82 Å². The molecule has 1 fully saturated rings. The SMILES string of the molecule is Cc1ccc2ncnc(N3CCOCC3)c2c1. The van der Waals surface area contributed by atoms with Gasteiger partial charge in [0.15, 0.2) is 0 Å². The van der Waals surface area contributed by atoms with Crippen LogP contribution in [0.5, 0.6) is 0 Å². The first-order valence-electron chi connectivity index (χ1n) is 5.89. The van der Waals surface area contributed by atoms with E-state index in [0.29, 0.717) is 0 Å². The molecule has 1 aliphatic heterocycles. The first-order chi connectivity index (χ1) is 8.34. The fourth-order valence-corrected chi connectivity index (χ4v) is 2.18. The number of ether oxygens (including phenoxy) is 1. The van der Waals surface area contributed by atoms with E-state index in [9.17, 15) is 0 Å². The Kier molecular flexibility index (Phi) is 2.65. The van der Waals surface area contributed by atoms with Crippen molar-refractivity contribution in [2.45, 2.75) is 6.92 Å². The van der Waals surface area contributed by atoms with Crippen LogP contribution in [0.25, 0.3) is 10.9 Å². The summed E-state index contributed by atoms with van der Waals surface area (Å²) in [5.41, 5.74) is 2.24. The molecule has 1 aliphatic rings. The van der Waals surface area contributed by atoms with Crippen LogP contribution >= 0.6 is 0 Å². The summed E-state index contributed by atoms with van der Waals surface area (Å²) in [5, 5.41) is 1.13. The van der Waals surface area contributed by atoms with Gasteiger partial charge in [-0.15, -0.1) is 0 Å². The zero-order valence-electron chi connectivity index (χ0n) is 9.89. The fraction of sp³-hybridized carbons (Fsp3) is 0.385. The molecule has 0 amide bonds. The quantitative estimate of drug-likeness (QED) is 0.747. The summed E-state index contributed by atoms with van der Waals surface area (Å²) in [6.07, 6.45) is 1.64. The van der Waals surface area contributed by atoms with Crippen molar-refractivity contribution in [2.75, 3.05) is 31.2 Å². The molecule has 1 aromatic heterocycles. The summed E-state index contributed by atoms with van der Waals surface area (Å²) < 4.78 is 5.37. The van der Waals surface area contributed by atoms with Crippen molar-refractivity contribution in [2.24, 2.45) is 0 Å². The first kappa shape index (κ1) is 10.5. The lowest BCUT2D eigenvalue weighted by Crippen LogP contribution is -2.36. The number of aromatic nitrogens is 2. The van der Waals surface area contributed by atoms with Gasteiger partial charge in [-0.3, -0.25) is 0 Å². The third kappa shape index (κ3) is 1.96. The molecule has 4 nitrogen and oxygen atoms in total. The van der Waals surface area contributed by atoms with Crippen LogP contribution in [-0.4, -0.2) is 36.3 Å². The van der Waals surface area contributed by atoms with E-state index in [0.717, 1.165) is 43.0 Å². The van der Waals surface area contributed by atoms with E-state index < -0.39 is 0 Å². The van der Waals surface area contributed by atoms with Gasteiger partial charge in [-0.05, 0) is 19.1 Å². The third-order valence-corrected chi connectivity index (χ3v) is 3.08. The van der Waals surface area contributed by atoms with Crippen LogP contribution in [0, 0.1) is 6.92 Å². The molecule has 2 heterocycles. The summed E-state index contributed by atoms with van der Waals surface area (Å²) in [6.45, 7) is 5.45. The molecule has 0 saturated carbocycles. The number of aryl methyl sites for hydroxylation is 1. The Balaban J connectivity index is 2.11. The number of hydrogen-bond acceptors (Lipinski definition) is 4. The summed E-state index contributed by atoms with van der Waals surface area (Å²) in [4.78, 5) is 11.0. The number of rotatable bonds is 1. The smallest absolute Gasteiger partial charge is 0.140 e. The highest BCUT2D eigenvalue weighted by molar-refractivity contribution is 5.89. The van der Waals surface area contributed by atoms with Gasteiger partial charge < -0.3 is 9.64 Å². The number of anilines is 1. The lowest BCUT2D eigenvalue weighted by atomic mass is 10.1. The van der Waals surface area contributed by atoms with Crippen LogP contribution in [0.1, 0.15) is 5.56 Å². The lowest BCUT2D eigenvalue weighted by molar-refractivity contribution is 0.122. The normalized spacial score (nSPS) is 16.4. The number of morpholine rings is 1.